The number of carboxylic acid groups (broad SMARTS) is 1. The molecule has 0 aromatic carbocycles. The Hall–Kier alpha value is -0.350. The Kier molecular flexibility index (Phi) is 7.35. The molecule has 1 atom stereocenters. The van der Waals surface area contributed by atoms with E-state index in [0.717, 1.165) is 0 Å². The topological polar surface area (TPSA) is 63.3 Å². The molecule has 56 valence electrons. The van der Waals surface area contributed by atoms with Crippen LogP contribution in [0, 0.1) is 0 Å². The fourth-order valence-corrected chi connectivity index (χ4v) is 0.241. The van der Waals surface area contributed by atoms with Crippen molar-refractivity contribution in [1.82, 2.24) is 0 Å². The van der Waals surface area contributed by atoms with Crippen LogP contribution in [-0.4, -0.2) is 23.8 Å². The van der Waals surface area contributed by atoms with Gasteiger partial charge in [0.25, 0.3) is 0 Å². The van der Waals surface area contributed by atoms with E-state index in [0.29, 0.717) is 0 Å². The minimum Gasteiger partial charge on any atom is -0.480 e. The summed E-state index contributed by atoms with van der Waals surface area (Å²) in [6.07, 6.45) is -0.102. The lowest BCUT2D eigenvalue weighted by Crippen LogP contribution is -2.30. The second kappa shape index (κ2) is 5.78. The molecule has 0 saturated heterocycles. The minimum absolute atomic E-state index is 0. The number of nitrogens with two attached hydrogens (primary N) is 1. The van der Waals surface area contributed by atoms with Crippen molar-refractivity contribution in [3.63, 3.8) is 0 Å². The second-order valence-electron chi connectivity index (χ2n) is 1.42. The summed E-state index contributed by atoms with van der Waals surface area (Å²) in [6, 6.07) is -1.04. The zero-order valence-electron chi connectivity index (χ0n) is 4.71. The monoisotopic (exact) mass is 157 g/mol. The molecule has 3 N–H and O–H groups in total. The molecule has 0 spiro atoms. The van der Waals surface area contributed by atoms with Crippen molar-refractivity contribution >= 4 is 18.4 Å². The molecule has 0 amide bonds. The lowest BCUT2D eigenvalue weighted by molar-refractivity contribution is -0.138. The van der Waals surface area contributed by atoms with E-state index in [2.05, 4.69) is 0 Å². The molecule has 5 heteroatoms. The number of hydrogen-bond donors (Lipinski definition) is 2. The van der Waals surface area contributed by atoms with Crippen molar-refractivity contribution in [2.75, 3.05) is 6.67 Å². The molecule has 1 unspecified atom stereocenters. The third-order valence-corrected chi connectivity index (χ3v) is 0.737. The highest BCUT2D eigenvalue weighted by Gasteiger charge is 2.08. The van der Waals surface area contributed by atoms with E-state index in [9.17, 15) is 9.18 Å². The fraction of sp³-hybridized carbons (Fsp3) is 0.750. The molecule has 0 rings (SSSR count). The van der Waals surface area contributed by atoms with Gasteiger partial charge in [-0.05, 0) is 0 Å². The van der Waals surface area contributed by atoms with Crippen LogP contribution in [0.25, 0.3) is 0 Å². The lowest BCUT2D eigenvalue weighted by atomic mass is 10.2. The third kappa shape index (κ3) is 5.52. The SMILES string of the molecule is Cl.NC(CCF)C(=O)O. The van der Waals surface area contributed by atoms with E-state index in [4.69, 9.17) is 10.8 Å². The second-order valence-corrected chi connectivity index (χ2v) is 1.42. The average molecular weight is 158 g/mol. The van der Waals surface area contributed by atoms with Crippen LogP contribution >= 0.6 is 12.4 Å². The van der Waals surface area contributed by atoms with Gasteiger partial charge in [0.1, 0.15) is 6.04 Å². The van der Waals surface area contributed by atoms with Crippen molar-refractivity contribution in [3.05, 3.63) is 0 Å². The van der Waals surface area contributed by atoms with Crippen LogP contribution in [0.2, 0.25) is 0 Å². The summed E-state index contributed by atoms with van der Waals surface area (Å²) < 4.78 is 11.3. The maximum atomic E-state index is 11.3. The molecule has 0 aromatic rings. The first-order valence-electron chi connectivity index (χ1n) is 2.23. The van der Waals surface area contributed by atoms with Crippen molar-refractivity contribution in [1.29, 1.82) is 0 Å². The summed E-state index contributed by atoms with van der Waals surface area (Å²) in [6.45, 7) is -0.673. The molecule has 0 bridgehead atoms. The number of hydrogen-bond acceptors (Lipinski definition) is 2. The first-order valence-corrected chi connectivity index (χ1v) is 2.23. The zero-order valence-corrected chi connectivity index (χ0v) is 5.53. The van der Waals surface area contributed by atoms with Gasteiger partial charge >= 0.3 is 5.97 Å². The van der Waals surface area contributed by atoms with E-state index in [1.165, 1.54) is 0 Å². The molecule has 0 heterocycles. The summed E-state index contributed by atoms with van der Waals surface area (Å²) in [4.78, 5) is 9.80. The summed E-state index contributed by atoms with van der Waals surface area (Å²) >= 11 is 0. The average Bonchev–Trinajstić information content (AvgIpc) is 1.67. The number of alkyl halides is 1. The fourth-order valence-electron chi connectivity index (χ4n) is 0.241. The Bertz CT molecular complexity index is 90.6. The lowest BCUT2D eigenvalue weighted by Gasteiger charge is -1.99. The van der Waals surface area contributed by atoms with E-state index >= 15 is 0 Å². The summed E-state index contributed by atoms with van der Waals surface area (Å²) in [5.41, 5.74) is 4.89. The maximum Gasteiger partial charge on any atom is 0.320 e. The summed E-state index contributed by atoms with van der Waals surface area (Å²) in [5.74, 6) is -1.15. The molecular formula is C4H9ClFNO2. The van der Waals surface area contributed by atoms with Crippen LogP contribution in [0.15, 0.2) is 0 Å². The van der Waals surface area contributed by atoms with E-state index in [-0.39, 0.29) is 18.8 Å². The Morgan fingerprint density at radius 2 is 2.22 bits per heavy atom. The molecule has 0 aliphatic heterocycles. The molecule has 3 nitrogen and oxygen atoms in total. The molecule has 0 aromatic heterocycles. The van der Waals surface area contributed by atoms with Gasteiger partial charge in [-0.3, -0.25) is 9.18 Å². The molecule has 0 aliphatic carbocycles. The van der Waals surface area contributed by atoms with Gasteiger partial charge < -0.3 is 10.8 Å². The Morgan fingerprint density at radius 1 is 1.78 bits per heavy atom. The van der Waals surface area contributed by atoms with Crippen molar-refractivity contribution < 1.29 is 14.3 Å². The van der Waals surface area contributed by atoms with Crippen LogP contribution in [0.4, 0.5) is 4.39 Å². The van der Waals surface area contributed by atoms with Gasteiger partial charge in [-0.1, -0.05) is 0 Å². The zero-order chi connectivity index (χ0) is 6.57. The molecule has 9 heavy (non-hydrogen) atoms. The smallest absolute Gasteiger partial charge is 0.320 e. The maximum absolute atomic E-state index is 11.3. The van der Waals surface area contributed by atoms with Crippen molar-refractivity contribution in [3.8, 4) is 0 Å². The van der Waals surface area contributed by atoms with Crippen molar-refractivity contribution in [2.24, 2.45) is 5.73 Å². The van der Waals surface area contributed by atoms with E-state index < -0.39 is 18.7 Å². The first-order chi connectivity index (χ1) is 3.68. The molecular weight excluding hydrogens is 148 g/mol. The van der Waals surface area contributed by atoms with Crippen LogP contribution in [0.5, 0.6) is 0 Å². The van der Waals surface area contributed by atoms with E-state index in [1.807, 2.05) is 0 Å². The number of halogens is 2. The van der Waals surface area contributed by atoms with Gasteiger partial charge in [-0.25, -0.2) is 0 Å². The van der Waals surface area contributed by atoms with Crippen LogP contribution in [0.1, 0.15) is 6.42 Å². The van der Waals surface area contributed by atoms with Gasteiger partial charge in [-0.15, -0.1) is 12.4 Å². The highest BCUT2D eigenvalue weighted by Crippen LogP contribution is 1.86. The van der Waals surface area contributed by atoms with Gasteiger partial charge in [-0.2, -0.15) is 0 Å². The Labute approximate surface area is 58.4 Å². The van der Waals surface area contributed by atoms with Crippen LogP contribution in [-0.2, 0) is 4.79 Å². The molecule has 0 radical (unpaired) electrons. The quantitative estimate of drug-likeness (QED) is 0.614. The molecule has 0 aliphatic rings. The van der Waals surface area contributed by atoms with Crippen LogP contribution in [0.3, 0.4) is 0 Å². The molecule has 0 saturated carbocycles. The van der Waals surface area contributed by atoms with Gasteiger partial charge in [0.05, 0.1) is 6.67 Å². The number of rotatable bonds is 3. The number of carboxylic acids is 1. The number of carbonyl (C=O) groups is 1. The predicted octanol–water partition coefficient (Wildman–Crippen LogP) is 0.180. The van der Waals surface area contributed by atoms with E-state index in [1.54, 1.807) is 0 Å². The standard InChI is InChI=1S/C4H8FNO2.ClH/c5-2-1-3(6)4(7)8;/h3H,1-2,6H2,(H,7,8);1H. The van der Waals surface area contributed by atoms with Gasteiger partial charge in [0, 0.05) is 6.42 Å². The van der Waals surface area contributed by atoms with Crippen LogP contribution < -0.4 is 5.73 Å². The predicted molar refractivity (Wildman–Crippen MR) is 33.5 cm³/mol. The van der Waals surface area contributed by atoms with Gasteiger partial charge in [0.2, 0.25) is 0 Å². The Morgan fingerprint density at radius 3 is 2.33 bits per heavy atom. The largest absolute Gasteiger partial charge is 0.480 e. The highest BCUT2D eigenvalue weighted by molar-refractivity contribution is 5.85. The highest BCUT2D eigenvalue weighted by atomic mass is 35.5. The summed E-state index contributed by atoms with van der Waals surface area (Å²) in [5, 5.41) is 8.02. The van der Waals surface area contributed by atoms with Crippen molar-refractivity contribution in [2.45, 2.75) is 12.5 Å². The Balaban J connectivity index is 0. The van der Waals surface area contributed by atoms with Gasteiger partial charge in [0.15, 0.2) is 0 Å². The first kappa shape index (κ1) is 11.4. The normalized spacial score (nSPS) is 11.8. The third-order valence-electron chi connectivity index (χ3n) is 0.737. The summed E-state index contributed by atoms with van der Waals surface area (Å²) in [7, 11) is 0. The molecule has 0 fully saturated rings. The minimum atomic E-state index is -1.15. The number of aliphatic carboxylic acids is 1.